The molecule has 0 spiro atoms. The first-order chi connectivity index (χ1) is 17.1. The molecule has 8 nitrogen and oxygen atoms in total. The van der Waals surface area contributed by atoms with Crippen LogP contribution in [-0.4, -0.2) is 31.4 Å². The molecule has 3 aromatic rings. The van der Waals surface area contributed by atoms with Crippen molar-refractivity contribution in [2.75, 3.05) is 10.6 Å². The lowest BCUT2D eigenvalue weighted by atomic mass is 10.2. The van der Waals surface area contributed by atoms with Crippen molar-refractivity contribution in [2.45, 2.75) is 39.5 Å². The topological polar surface area (TPSA) is 104 Å². The van der Waals surface area contributed by atoms with Gasteiger partial charge in [-0.2, -0.15) is 13.2 Å². The molecule has 0 aliphatic rings. The van der Waals surface area contributed by atoms with Gasteiger partial charge < -0.3 is 20.3 Å². The molecule has 0 saturated heterocycles. The fourth-order valence-electron chi connectivity index (χ4n) is 3.41. The molecule has 36 heavy (non-hydrogen) atoms. The molecule has 0 aromatic carbocycles. The van der Waals surface area contributed by atoms with Crippen LogP contribution in [0.3, 0.4) is 0 Å². The number of anilines is 2. The van der Waals surface area contributed by atoms with E-state index in [0.717, 1.165) is 12.5 Å². The van der Waals surface area contributed by atoms with Crippen LogP contribution in [0.25, 0.3) is 5.70 Å². The van der Waals surface area contributed by atoms with Gasteiger partial charge in [0.05, 0.1) is 23.7 Å². The van der Waals surface area contributed by atoms with E-state index in [1.807, 2.05) is 6.92 Å². The highest BCUT2D eigenvalue weighted by Gasteiger charge is 2.32. The first kappa shape index (κ1) is 26.6. The van der Waals surface area contributed by atoms with Gasteiger partial charge in [0.2, 0.25) is 5.91 Å². The number of rotatable bonds is 8. The van der Waals surface area contributed by atoms with Gasteiger partial charge in [0, 0.05) is 43.7 Å². The van der Waals surface area contributed by atoms with E-state index >= 15 is 0 Å². The second kappa shape index (κ2) is 11.6. The standard InChI is InChI=1S/C25H27F3N6O2/c1-4-5-7-20(19-8-6-9-21(32-19)25(26,27)28)33-24(23-17(15-35)11-13-34(23)3)31-18-10-12-29-22(14-18)30-16(2)36/h6-14,35H,4-5,15H2,1-3H3,(H2,29,30,31,33,36)/b20-7+. The van der Waals surface area contributed by atoms with E-state index in [4.69, 9.17) is 4.99 Å². The number of hydrogen-bond acceptors (Lipinski definition) is 5. The molecule has 0 unspecified atom stereocenters. The van der Waals surface area contributed by atoms with Crippen LogP contribution in [0.4, 0.5) is 24.7 Å². The predicted octanol–water partition coefficient (Wildman–Crippen LogP) is 4.98. The number of hydrogen-bond donors (Lipinski definition) is 3. The second-order valence-electron chi connectivity index (χ2n) is 7.94. The van der Waals surface area contributed by atoms with Crippen LogP contribution in [0.1, 0.15) is 49.3 Å². The third-order valence-corrected chi connectivity index (χ3v) is 5.04. The minimum Gasteiger partial charge on any atom is -0.392 e. The van der Waals surface area contributed by atoms with Crippen molar-refractivity contribution in [1.29, 1.82) is 0 Å². The van der Waals surface area contributed by atoms with Gasteiger partial charge >= 0.3 is 6.18 Å². The van der Waals surface area contributed by atoms with E-state index in [0.29, 0.717) is 29.2 Å². The van der Waals surface area contributed by atoms with E-state index in [9.17, 15) is 23.1 Å². The van der Waals surface area contributed by atoms with Crippen LogP contribution in [0.2, 0.25) is 0 Å². The summed E-state index contributed by atoms with van der Waals surface area (Å²) in [4.78, 5) is 24.0. The number of aromatic nitrogens is 3. The number of alkyl halides is 3. The summed E-state index contributed by atoms with van der Waals surface area (Å²) in [7, 11) is 1.76. The number of unbranched alkanes of at least 4 members (excludes halogenated alkanes) is 1. The molecule has 3 heterocycles. The number of aliphatic hydroxyl groups excluding tert-OH is 1. The van der Waals surface area contributed by atoms with Crippen molar-refractivity contribution >= 4 is 28.9 Å². The van der Waals surface area contributed by atoms with Gasteiger partial charge in [-0.25, -0.2) is 15.0 Å². The van der Waals surface area contributed by atoms with Gasteiger partial charge in [0.1, 0.15) is 11.5 Å². The van der Waals surface area contributed by atoms with Crippen molar-refractivity contribution in [2.24, 2.45) is 12.0 Å². The third-order valence-electron chi connectivity index (χ3n) is 5.04. The van der Waals surface area contributed by atoms with Gasteiger partial charge in [-0.3, -0.25) is 4.79 Å². The second-order valence-corrected chi connectivity index (χ2v) is 7.94. The van der Waals surface area contributed by atoms with E-state index in [1.54, 1.807) is 42.1 Å². The lowest BCUT2D eigenvalue weighted by molar-refractivity contribution is -0.141. The monoisotopic (exact) mass is 500 g/mol. The number of halogens is 3. The molecule has 3 aromatic heterocycles. The Labute approximate surface area is 206 Å². The zero-order chi connectivity index (χ0) is 26.3. The first-order valence-electron chi connectivity index (χ1n) is 11.2. The average Bonchev–Trinajstić information content (AvgIpc) is 3.20. The molecule has 0 atom stereocenters. The lowest BCUT2D eigenvalue weighted by Gasteiger charge is -2.15. The zero-order valence-electron chi connectivity index (χ0n) is 20.1. The highest BCUT2D eigenvalue weighted by Crippen LogP contribution is 2.29. The highest BCUT2D eigenvalue weighted by molar-refractivity contribution is 6.10. The summed E-state index contributed by atoms with van der Waals surface area (Å²) >= 11 is 0. The summed E-state index contributed by atoms with van der Waals surface area (Å²) in [6, 6.07) is 8.64. The molecule has 0 fully saturated rings. The van der Waals surface area contributed by atoms with Crippen LogP contribution in [-0.2, 0) is 24.6 Å². The normalized spacial score (nSPS) is 12.5. The Morgan fingerprint density at radius 2 is 2.00 bits per heavy atom. The van der Waals surface area contributed by atoms with Gasteiger partial charge in [0.25, 0.3) is 0 Å². The molecule has 0 aliphatic carbocycles. The van der Waals surface area contributed by atoms with Crippen molar-refractivity contribution in [1.82, 2.24) is 14.5 Å². The van der Waals surface area contributed by atoms with E-state index in [1.165, 1.54) is 25.3 Å². The summed E-state index contributed by atoms with van der Waals surface area (Å²) in [5.74, 6) is 0.287. The Hall–Kier alpha value is -3.99. The Morgan fingerprint density at radius 3 is 2.67 bits per heavy atom. The number of amidine groups is 1. The van der Waals surface area contributed by atoms with Crippen LogP contribution in [0.5, 0.6) is 0 Å². The predicted molar refractivity (Wildman–Crippen MR) is 132 cm³/mol. The van der Waals surface area contributed by atoms with Crippen LogP contribution < -0.4 is 10.6 Å². The van der Waals surface area contributed by atoms with Gasteiger partial charge in [-0.15, -0.1) is 0 Å². The van der Waals surface area contributed by atoms with Crippen molar-refractivity contribution in [3.63, 3.8) is 0 Å². The van der Waals surface area contributed by atoms with E-state index in [2.05, 4.69) is 20.6 Å². The number of amides is 1. The summed E-state index contributed by atoms with van der Waals surface area (Å²) in [6.07, 6.45) is 1.66. The minimum absolute atomic E-state index is 0.0611. The number of pyridine rings is 2. The average molecular weight is 501 g/mol. The molecule has 3 N–H and O–H groups in total. The fourth-order valence-corrected chi connectivity index (χ4v) is 3.41. The fraction of sp³-hybridized carbons (Fsp3) is 0.280. The smallest absolute Gasteiger partial charge is 0.392 e. The quantitative estimate of drug-likeness (QED) is 0.299. The Morgan fingerprint density at radius 1 is 1.22 bits per heavy atom. The van der Waals surface area contributed by atoms with Gasteiger partial charge in [0.15, 0.2) is 5.84 Å². The molecular formula is C25H27F3N6O2. The molecular weight excluding hydrogens is 473 g/mol. The Balaban J connectivity index is 2.16. The largest absolute Gasteiger partial charge is 0.433 e. The van der Waals surface area contributed by atoms with E-state index < -0.39 is 11.9 Å². The highest BCUT2D eigenvalue weighted by atomic mass is 19.4. The SMILES string of the molecule is CCC/C=C(/N=C(Nc1ccnc(NC(C)=O)c1)c1c(CO)ccn1C)c1cccc(C(F)(F)F)n1. The summed E-state index contributed by atoms with van der Waals surface area (Å²) in [5, 5.41) is 15.7. The molecule has 3 rings (SSSR count). The Bertz CT molecular complexity index is 1280. The van der Waals surface area contributed by atoms with Crippen LogP contribution in [0.15, 0.2) is 59.9 Å². The molecule has 0 aliphatic heterocycles. The number of carbonyl (C=O) groups excluding carboxylic acids is 1. The number of aliphatic hydroxyl groups is 1. The minimum atomic E-state index is -4.60. The number of nitrogens with zero attached hydrogens (tertiary/aromatic N) is 4. The first-order valence-corrected chi connectivity index (χ1v) is 11.2. The Kier molecular flexibility index (Phi) is 8.59. The molecule has 11 heteroatoms. The van der Waals surface area contributed by atoms with Crippen molar-refractivity contribution < 1.29 is 23.1 Å². The maximum absolute atomic E-state index is 13.3. The van der Waals surface area contributed by atoms with Gasteiger partial charge in [-0.05, 0) is 30.7 Å². The number of allylic oxidation sites excluding steroid dienone is 1. The molecule has 0 saturated carbocycles. The number of aryl methyl sites for hydroxylation is 1. The number of aliphatic imine (C=N–C) groups is 1. The van der Waals surface area contributed by atoms with Crippen LogP contribution in [0, 0.1) is 0 Å². The maximum Gasteiger partial charge on any atom is 0.433 e. The van der Waals surface area contributed by atoms with Gasteiger partial charge in [-0.1, -0.05) is 25.5 Å². The molecule has 1 amide bonds. The summed E-state index contributed by atoms with van der Waals surface area (Å²) in [6.45, 7) is 3.03. The van der Waals surface area contributed by atoms with E-state index in [-0.39, 0.29) is 29.7 Å². The van der Waals surface area contributed by atoms with Crippen molar-refractivity contribution in [3.05, 3.63) is 77.5 Å². The lowest BCUT2D eigenvalue weighted by Crippen LogP contribution is -2.20. The molecule has 0 radical (unpaired) electrons. The summed E-state index contributed by atoms with van der Waals surface area (Å²) in [5.41, 5.74) is 0.898. The van der Waals surface area contributed by atoms with Crippen LogP contribution >= 0.6 is 0 Å². The summed E-state index contributed by atoms with van der Waals surface area (Å²) < 4.78 is 41.8. The molecule has 190 valence electrons. The molecule has 0 bridgehead atoms. The maximum atomic E-state index is 13.3. The zero-order valence-corrected chi connectivity index (χ0v) is 20.1. The number of carbonyl (C=O) groups is 1. The number of nitrogens with one attached hydrogen (secondary N) is 2. The third kappa shape index (κ3) is 6.79. The van der Waals surface area contributed by atoms with Crippen molar-refractivity contribution in [3.8, 4) is 0 Å².